The standard InChI is InChI=1S/C16H25NO2/c1-2-7-14-8-6-9-15(12-14)13-17-11-5-3-4-10-16(18)19/h6,8-9,12,17H,2-5,7,10-11,13H2,1H3,(H,18,19). The first-order chi connectivity index (χ1) is 9.22. The Morgan fingerprint density at radius 2 is 2.00 bits per heavy atom. The minimum absolute atomic E-state index is 0.291. The van der Waals surface area contributed by atoms with Crippen molar-refractivity contribution in [1.82, 2.24) is 5.32 Å². The molecule has 0 saturated heterocycles. The average molecular weight is 263 g/mol. The van der Waals surface area contributed by atoms with Crippen LogP contribution < -0.4 is 5.32 Å². The summed E-state index contributed by atoms with van der Waals surface area (Å²) in [6.45, 7) is 4.05. The quantitative estimate of drug-likeness (QED) is 0.636. The number of aliphatic carboxylic acids is 1. The summed E-state index contributed by atoms with van der Waals surface area (Å²) in [4.78, 5) is 10.3. The van der Waals surface area contributed by atoms with Crippen LogP contribution in [0.5, 0.6) is 0 Å². The molecule has 1 aromatic carbocycles. The molecule has 0 aromatic heterocycles. The fraction of sp³-hybridized carbons (Fsp3) is 0.562. The lowest BCUT2D eigenvalue weighted by Crippen LogP contribution is -2.14. The highest BCUT2D eigenvalue weighted by molar-refractivity contribution is 5.66. The van der Waals surface area contributed by atoms with Crippen molar-refractivity contribution in [3.05, 3.63) is 35.4 Å². The lowest BCUT2D eigenvalue weighted by atomic mass is 10.1. The third-order valence-electron chi connectivity index (χ3n) is 3.10. The van der Waals surface area contributed by atoms with E-state index in [-0.39, 0.29) is 0 Å². The van der Waals surface area contributed by atoms with E-state index in [1.54, 1.807) is 0 Å². The smallest absolute Gasteiger partial charge is 0.303 e. The molecule has 3 heteroatoms. The molecule has 0 aliphatic heterocycles. The first-order valence-corrected chi connectivity index (χ1v) is 7.22. The van der Waals surface area contributed by atoms with Crippen LogP contribution in [0.1, 0.15) is 50.2 Å². The number of benzene rings is 1. The zero-order valence-corrected chi connectivity index (χ0v) is 11.8. The molecule has 0 radical (unpaired) electrons. The highest BCUT2D eigenvalue weighted by Gasteiger charge is 1.97. The van der Waals surface area contributed by atoms with E-state index in [1.807, 2.05) is 0 Å². The molecule has 0 heterocycles. The van der Waals surface area contributed by atoms with Crippen molar-refractivity contribution < 1.29 is 9.90 Å². The predicted octanol–water partition coefficient (Wildman–Crippen LogP) is 3.37. The molecular formula is C16H25NO2. The Kier molecular flexibility index (Phi) is 7.91. The molecule has 0 spiro atoms. The summed E-state index contributed by atoms with van der Waals surface area (Å²) < 4.78 is 0. The highest BCUT2D eigenvalue weighted by atomic mass is 16.4. The van der Waals surface area contributed by atoms with Gasteiger partial charge in [-0.15, -0.1) is 0 Å². The normalized spacial score (nSPS) is 10.6. The molecule has 2 N–H and O–H groups in total. The molecule has 3 nitrogen and oxygen atoms in total. The number of unbranched alkanes of at least 4 members (excludes halogenated alkanes) is 2. The average Bonchev–Trinajstić information content (AvgIpc) is 2.38. The van der Waals surface area contributed by atoms with Crippen molar-refractivity contribution in [2.24, 2.45) is 0 Å². The van der Waals surface area contributed by atoms with E-state index in [0.29, 0.717) is 6.42 Å². The van der Waals surface area contributed by atoms with Gasteiger partial charge in [0.25, 0.3) is 0 Å². The van der Waals surface area contributed by atoms with Gasteiger partial charge in [-0.05, 0) is 36.9 Å². The summed E-state index contributed by atoms with van der Waals surface area (Å²) >= 11 is 0. The minimum atomic E-state index is -0.694. The fourth-order valence-corrected chi connectivity index (χ4v) is 2.12. The Balaban J connectivity index is 2.12. The van der Waals surface area contributed by atoms with E-state index in [2.05, 4.69) is 36.5 Å². The Morgan fingerprint density at radius 1 is 1.21 bits per heavy atom. The Labute approximate surface area is 116 Å². The largest absolute Gasteiger partial charge is 0.481 e. The van der Waals surface area contributed by atoms with E-state index in [1.165, 1.54) is 17.5 Å². The highest BCUT2D eigenvalue weighted by Crippen LogP contribution is 2.07. The molecule has 0 unspecified atom stereocenters. The van der Waals surface area contributed by atoms with Gasteiger partial charge in [0.05, 0.1) is 0 Å². The van der Waals surface area contributed by atoms with Crippen LogP contribution in [0.2, 0.25) is 0 Å². The summed E-state index contributed by atoms with van der Waals surface area (Å²) in [5.41, 5.74) is 2.74. The second-order valence-electron chi connectivity index (χ2n) is 4.95. The lowest BCUT2D eigenvalue weighted by molar-refractivity contribution is -0.137. The van der Waals surface area contributed by atoms with Gasteiger partial charge in [0.1, 0.15) is 0 Å². The number of carboxylic acids is 1. The number of aryl methyl sites for hydroxylation is 1. The van der Waals surface area contributed by atoms with Gasteiger partial charge in [-0.3, -0.25) is 4.79 Å². The maximum atomic E-state index is 10.3. The third-order valence-corrected chi connectivity index (χ3v) is 3.10. The van der Waals surface area contributed by atoms with Crippen molar-refractivity contribution in [2.45, 2.75) is 52.0 Å². The van der Waals surface area contributed by atoms with Crippen LogP contribution >= 0.6 is 0 Å². The Hall–Kier alpha value is -1.35. The number of hydrogen-bond donors (Lipinski definition) is 2. The monoisotopic (exact) mass is 263 g/mol. The molecule has 0 amide bonds. The van der Waals surface area contributed by atoms with Crippen LogP contribution in [0.3, 0.4) is 0 Å². The van der Waals surface area contributed by atoms with Gasteiger partial charge in [-0.1, -0.05) is 44.0 Å². The molecule has 106 valence electrons. The van der Waals surface area contributed by atoms with Gasteiger partial charge in [0.15, 0.2) is 0 Å². The molecule has 0 aliphatic carbocycles. The van der Waals surface area contributed by atoms with E-state index in [0.717, 1.165) is 38.8 Å². The van der Waals surface area contributed by atoms with Crippen molar-refractivity contribution in [3.8, 4) is 0 Å². The molecule has 0 atom stereocenters. The van der Waals surface area contributed by atoms with Gasteiger partial charge in [-0.2, -0.15) is 0 Å². The molecule has 1 rings (SSSR count). The SMILES string of the molecule is CCCc1cccc(CNCCCCCC(=O)O)c1. The molecule has 0 bridgehead atoms. The zero-order valence-electron chi connectivity index (χ0n) is 11.8. The molecule has 0 fully saturated rings. The number of carboxylic acid groups (broad SMARTS) is 1. The second kappa shape index (κ2) is 9.56. The van der Waals surface area contributed by atoms with Crippen molar-refractivity contribution in [1.29, 1.82) is 0 Å². The summed E-state index contributed by atoms with van der Waals surface area (Å²) in [5, 5.41) is 11.9. The van der Waals surface area contributed by atoms with Gasteiger partial charge in [-0.25, -0.2) is 0 Å². The van der Waals surface area contributed by atoms with Gasteiger partial charge in [0.2, 0.25) is 0 Å². The first kappa shape index (κ1) is 15.7. The number of carbonyl (C=O) groups is 1. The number of nitrogens with one attached hydrogen (secondary N) is 1. The summed E-state index contributed by atoms with van der Waals surface area (Å²) in [7, 11) is 0. The van der Waals surface area contributed by atoms with Crippen molar-refractivity contribution in [3.63, 3.8) is 0 Å². The number of rotatable bonds is 10. The van der Waals surface area contributed by atoms with Crippen LogP contribution in [0, 0.1) is 0 Å². The Morgan fingerprint density at radius 3 is 2.74 bits per heavy atom. The van der Waals surface area contributed by atoms with Gasteiger partial charge >= 0.3 is 5.97 Å². The van der Waals surface area contributed by atoms with Gasteiger partial charge < -0.3 is 10.4 Å². The van der Waals surface area contributed by atoms with E-state index < -0.39 is 5.97 Å². The van der Waals surface area contributed by atoms with Crippen LogP contribution in [0.15, 0.2) is 24.3 Å². The summed E-state index contributed by atoms with van der Waals surface area (Å²) in [6, 6.07) is 8.71. The lowest BCUT2D eigenvalue weighted by Gasteiger charge is -2.06. The van der Waals surface area contributed by atoms with Crippen LogP contribution in [-0.2, 0) is 17.8 Å². The molecular weight excluding hydrogens is 238 g/mol. The van der Waals surface area contributed by atoms with Crippen molar-refractivity contribution in [2.75, 3.05) is 6.54 Å². The first-order valence-electron chi connectivity index (χ1n) is 7.22. The van der Waals surface area contributed by atoms with Crippen LogP contribution in [0.4, 0.5) is 0 Å². The van der Waals surface area contributed by atoms with E-state index in [9.17, 15) is 4.79 Å². The predicted molar refractivity (Wildman–Crippen MR) is 78.2 cm³/mol. The second-order valence-corrected chi connectivity index (χ2v) is 4.95. The summed E-state index contributed by atoms with van der Waals surface area (Å²) in [5.74, 6) is -0.694. The molecule has 1 aromatic rings. The minimum Gasteiger partial charge on any atom is -0.481 e. The van der Waals surface area contributed by atoms with Crippen LogP contribution in [-0.4, -0.2) is 17.6 Å². The maximum Gasteiger partial charge on any atom is 0.303 e. The Bertz CT molecular complexity index is 377. The zero-order chi connectivity index (χ0) is 13.9. The number of hydrogen-bond acceptors (Lipinski definition) is 2. The molecule has 0 aliphatic rings. The maximum absolute atomic E-state index is 10.3. The summed E-state index contributed by atoms with van der Waals surface area (Å²) in [6.07, 6.45) is 5.42. The van der Waals surface area contributed by atoms with Crippen LogP contribution in [0.25, 0.3) is 0 Å². The van der Waals surface area contributed by atoms with E-state index >= 15 is 0 Å². The van der Waals surface area contributed by atoms with Crippen molar-refractivity contribution >= 4 is 5.97 Å². The topological polar surface area (TPSA) is 49.3 Å². The molecule has 0 saturated carbocycles. The molecule has 19 heavy (non-hydrogen) atoms. The van der Waals surface area contributed by atoms with E-state index in [4.69, 9.17) is 5.11 Å². The fourth-order valence-electron chi connectivity index (χ4n) is 2.12. The third kappa shape index (κ3) is 7.62. The van der Waals surface area contributed by atoms with Gasteiger partial charge in [0, 0.05) is 13.0 Å².